The lowest BCUT2D eigenvalue weighted by atomic mass is 10.3. The van der Waals surface area contributed by atoms with Crippen molar-refractivity contribution in [2.45, 2.75) is 19.4 Å². The number of ether oxygens (including phenoxy) is 1. The van der Waals surface area contributed by atoms with Gasteiger partial charge in [-0.05, 0) is 12.0 Å². The first-order chi connectivity index (χ1) is 5.24. The summed E-state index contributed by atoms with van der Waals surface area (Å²) >= 11 is 0. The smallest absolute Gasteiger partial charge is 0.145 e. The molecule has 0 aromatic heterocycles. The van der Waals surface area contributed by atoms with Crippen molar-refractivity contribution in [1.82, 2.24) is 0 Å². The van der Waals surface area contributed by atoms with Gasteiger partial charge in [-0.1, -0.05) is 19.6 Å². The molecular formula is C9H14O2. The van der Waals surface area contributed by atoms with Crippen LogP contribution in [0.5, 0.6) is 0 Å². The Labute approximate surface area is 67.6 Å². The number of hydrogen-bond acceptors (Lipinski definition) is 2. The van der Waals surface area contributed by atoms with Crippen LogP contribution in [0, 0.1) is 0 Å². The maximum Gasteiger partial charge on any atom is 0.145 e. The van der Waals surface area contributed by atoms with E-state index in [0.29, 0.717) is 11.7 Å². The number of carbonyl (C=O) groups is 1. The fourth-order valence-electron chi connectivity index (χ4n) is 0.275. The topological polar surface area (TPSA) is 29.6 Å². The number of rotatable bonds is 3. The van der Waals surface area contributed by atoms with Crippen LogP contribution < -0.4 is 0 Å². The fourth-order valence-corrected chi connectivity index (χ4v) is 0.275. The Balaban J connectivity index is 0.000000183. The molecule has 62 valence electrons. The van der Waals surface area contributed by atoms with Gasteiger partial charge in [0.15, 0.2) is 0 Å². The summed E-state index contributed by atoms with van der Waals surface area (Å²) in [4.78, 5) is 9.64. The summed E-state index contributed by atoms with van der Waals surface area (Å²) in [6.45, 7) is 9.71. The van der Waals surface area contributed by atoms with Gasteiger partial charge in [0.2, 0.25) is 0 Å². The van der Waals surface area contributed by atoms with Crippen LogP contribution in [-0.2, 0) is 9.53 Å². The molecule has 0 radical (unpaired) electrons. The minimum atomic E-state index is 0.398. The Morgan fingerprint density at radius 1 is 1.82 bits per heavy atom. The van der Waals surface area contributed by atoms with E-state index in [-0.39, 0.29) is 0 Å². The maximum absolute atomic E-state index is 9.64. The Morgan fingerprint density at radius 2 is 2.36 bits per heavy atom. The summed E-state index contributed by atoms with van der Waals surface area (Å²) in [5.41, 5.74) is 0.662. The standard InChI is InChI=1S/C5H8O.C4H6O/c1-3-5(2)4-6;1-2-4-3-5-4/h4H,2-3H2,1H3;2,4H,1,3H2. The molecule has 1 fully saturated rings. The Bertz CT molecular complexity index is 146. The number of carbonyl (C=O) groups excluding carboxylic acids is 1. The molecule has 1 saturated heterocycles. The molecule has 0 N–H and O–H groups in total. The molecule has 11 heavy (non-hydrogen) atoms. The number of hydrogen-bond donors (Lipinski definition) is 0. The molecule has 1 heterocycles. The molecule has 0 saturated carbocycles. The lowest BCUT2D eigenvalue weighted by molar-refractivity contribution is -0.105. The quantitative estimate of drug-likeness (QED) is 0.268. The van der Waals surface area contributed by atoms with E-state index in [1.165, 1.54) is 0 Å². The Kier molecular flexibility index (Phi) is 5.39. The van der Waals surface area contributed by atoms with Crippen LogP contribution in [-0.4, -0.2) is 19.0 Å². The molecular weight excluding hydrogens is 140 g/mol. The zero-order valence-electron chi connectivity index (χ0n) is 6.88. The van der Waals surface area contributed by atoms with Crippen molar-refractivity contribution in [2.24, 2.45) is 0 Å². The predicted molar refractivity (Wildman–Crippen MR) is 45.4 cm³/mol. The van der Waals surface area contributed by atoms with Crippen molar-refractivity contribution >= 4 is 6.29 Å². The van der Waals surface area contributed by atoms with Crippen LogP contribution in [0.3, 0.4) is 0 Å². The van der Waals surface area contributed by atoms with Gasteiger partial charge in [0.25, 0.3) is 0 Å². The van der Waals surface area contributed by atoms with Gasteiger partial charge in [-0.3, -0.25) is 4.79 Å². The van der Waals surface area contributed by atoms with Crippen molar-refractivity contribution in [2.75, 3.05) is 6.61 Å². The Morgan fingerprint density at radius 3 is 2.36 bits per heavy atom. The second-order valence-corrected chi connectivity index (χ2v) is 2.24. The molecule has 2 nitrogen and oxygen atoms in total. The maximum atomic E-state index is 9.64. The van der Waals surface area contributed by atoms with Gasteiger partial charge in [-0.25, -0.2) is 0 Å². The van der Waals surface area contributed by atoms with E-state index < -0.39 is 0 Å². The van der Waals surface area contributed by atoms with Crippen LogP contribution in [0.25, 0.3) is 0 Å². The van der Waals surface area contributed by atoms with Gasteiger partial charge in [-0.2, -0.15) is 0 Å². The SMILES string of the molecule is C=C(C=O)CC.C=CC1CO1. The van der Waals surface area contributed by atoms with Crippen LogP contribution in [0.1, 0.15) is 13.3 Å². The molecule has 0 bridgehead atoms. The van der Waals surface area contributed by atoms with Crippen molar-refractivity contribution < 1.29 is 9.53 Å². The highest BCUT2D eigenvalue weighted by Crippen LogP contribution is 2.07. The molecule has 1 aliphatic rings. The first-order valence-electron chi connectivity index (χ1n) is 3.61. The van der Waals surface area contributed by atoms with Crippen LogP contribution in [0.2, 0.25) is 0 Å². The van der Waals surface area contributed by atoms with Crippen LogP contribution in [0.15, 0.2) is 24.8 Å². The first kappa shape index (κ1) is 10.1. The third kappa shape index (κ3) is 7.00. The van der Waals surface area contributed by atoms with E-state index in [1.807, 2.05) is 6.92 Å². The van der Waals surface area contributed by atoms with Gasteiger partial charge in [0.05, 0.1) is 12.7 Å². The molecule has 1 unspecified atom stereocenters. The predicted octanol–water partition coefficient (Wildman–Crippen LogP) is 1.72. The van der Waals surface area contributed by atoms with E-state index >= 15 is 0 Å². The number of aldehydes is 1. The average molecular weight is 154 g/mol. The lowest BCUT2D eigenvalue weighted by Gasteiger charge is -1.79. The average Bonchev–Trinajstić information content (AvgIpc) is 2.86. The van der Waals surface area contributed by atoms with Gasteiger partial charge in [0, 0.05) is 0 Å². The van der Waals surface area contributed by atoms with Crippen molar-refractivity contribution in [3.05, 3.63) is 24.8 Å². The first-order valence-corrected chi connectivity index (χ1v) is 3.61. The monoisotopic (exact) mass is 154 g/mol. The highest BCUT2D eigenvalue weighted by Gasteiger charge is 2.16. The van der Waals surface area contributed by atoms with Gasteiger partial charge >= 0.3 is 0 Å². The molecule has 2 heteroatoms. The highest BCUT2D eigenvalue weighted by atomic mass is 16.6. The highest BCUT2D eigenvalue weighted by molar-refractivity contribution is 5.71. The lowest BCUT2D eigenvalue weighted by Crippen LogP contribution is -1.73. The van der Waals surface area contributed by atoms with Gasteiger partial charge in [-0.15, -0.1) is 6.58 Å². The second kappa shape index (κ2) is 5.86. The minimum absolute atomic E-state index is 0.398. The zero-order chi connectivity index (χ0) is 8.69. The largest absolute Gasteiger partial charge is 0.369 e. The van der Waals surface area contributed by atoms with Gasteiger partial charge in [0.1, 0.15) is 6.29 Å². The van der Waals surface area contributed by atoms with Gasteiger partial charge < -0.3 is 4.74 Å². The van der Waals surface area contributed by atoms with E-state index in [1.54, 1.807) is 6.08 Å². The van der Waals surface area contributed by atoms with Crippen molar-refractivity contribution in [3.63, 3.8) is 0 Å². The summed E-state index contributed by atoms with van der Waals surface area (Å²) in [5, 5.41) is 0. The molecule has 1 rings (SSSR count). The number of epoxide rings is 1. The van der Waals surface area contributed by atoms with Crippen LogP contribution in [0.4, 0.5) is 0 Å². The third-order valence-electron chi connectivity index (χ3n) is 1.24. The van der Waals surface area contributed by atoms with E-state index in [2.05, 4.69) is 13.2 Å². The summed E-state index contributed by atoms with van der Waals surface area (Å²) in [5.74, 6) is 0. The van der Waals surface area contributed by atoms with E-state index in [4.69, 9.17) is 4.74 Å². The molecule has 0 aromatic rings. The summed E-state index contributed by atoms with van der Waals surface area (Å²) in [6.07, 6.45) is 3.75. The molecule has 1 aliphatic heterocycles. The van der Waals surface area contributed by atoms with E-state index in [9.17, 15) is 4.79 Å². The van der Waals surface area contributed by atoms with Crippen molar-refractivity contribution in [3.8, 4) is 0 Å². The Hall–Kier alpha value is -0.890. The molecule has 1 atom stereocenters. The minimum Gasteiger partial charge on any atom is -0.369 e. The third-order valence-corrected chi connectivity index (χ3v) is 1.24. The van der Waals surface area contributed by atoms with Crippen molar-refractivity contribution in [1.29, 1.82) is 0 Å². The summed E-state index contributed by atoms with van der Waals surface area (Å²) in [6, 6.07) is 0. The molecule has 0 spiro atoms. The number of allylic oxidation sites excluding steroid dienone is 1. The van der Waals surface area contributed by atoms with Crippen LogP contribution >= 0.6 is 0 Å². The molecule has 0 amide bonds. The molecule has 0 aromatic carbocycles. The zero-order valence-corrected chi connectivity index (χ0v) is 6.88. The normalized spacial score (nSPS) is 19.2. The fraction of sp³-hybridized carbons (Fsp3) is 0.444. The summed E-state index contributed by atoms with van der Waals surface area (Å²) < 4.78 is 4.74. The summed E-state index contributed by atoms with van der Waals surface area (Å²) in [7, 11) is 0. The molecule has 0 aliphatic carbocycles. The van der Waals surface area contributed by atoms with E-state index in [0.717, 1.165) is 19.3 Å². The second-order valence-electron chi connectivity index (χ2n) is 2.24.